The number of carbonyl (C=O) groups excluding carboxylic acids is 2. The van der Waals surface area contributed by atoms with Gasteiger partial charge in [-0.2, -0.15) is 5.10 Å². The number of aromatic nitrogens is 2. The van der Waals surface area contributed by atoms with Crippen LogP contribution in [0.25, 0.3) is 5.69 Å². The molecule has 0 spiro atoms. The van der Waals surface area contributed by atoms with Crippen LogP contribution in [0, 0.1) is 6.92 Å². The molecule has 0 saturated carbocycles. The summed E-state index contributed by atoms with van der Waals surface area (Å²) in [5.74, 6) is -0.436. The van der Waals surface area contributed by atoms with E-state index in [1.165, 1.54) is 6.20 Å². The summed E-state index contributed by atoms with van der Waals surface area (Å²) < 4.78 is 6.42. The number of nitrogens with zero attached hydrogens (tertiary/aromatic N) is 2. The molecule has 1 aromatic carbocycles. The predicted molar refractivity (Wildman–Crippen MR) is 85.3 cm³/mol. The van der Waals surface area contributed by atoms with Crippen LogP contribution in [0.1, 0.15) is 35.5 Å². The maximum atomic E-state index is 12.2. The molecule has 0 aliphatic rings. The molecule has 7 nitrogen and oxygen atoms in total. The van der Waals surface area contributed by atoms with E-state index in [0.717, 1.165) is 16.9 Å². The van der Waals surface area contributed by atoms with Gasteiger partial charge in [0.25, 0.3) is 5.91 Å². The van der Waals surface area contributed by atoms with Crippen LogP contribution in [0.15, 0.2) is 30.5 Å². The van der Waals surface area contributed by atoms with Crippen LogP contribution < -0.4 is 10.9 Å². The summed E-state index contributed by atoms with van der Waals surface area (Å²) in [5, 5.41) is 4.29. The summed E-state index contributed by atoms with van der Waals surface area (Å²) >= 11 is 0. The molecule has 2 N–H and O–H groups in total. The highest BCUT2D eigenvalue weighted by molar-refractivity contribution is 5.95. The third kappa shape index (κ3) is 3.88. The van der Waals surface area contributed by atoms with Gasteiger partial charge in [-0.1, -0.05) is 19.1 Å². The first-order valence-corrected chi connectivity index (χ1v) is 7.43. The molecule has 0 atom stereocenters. The lowest BCUT2D eigenvalue weighted by Crippen LogP contribution is -2.42. The molecule has 0 aliphatic carbocycles. The molecule has 0 unspecified atom stereocenters. The van der Waals surface area contributed by atoms with Crippen LogP contribution in [0.3, 0.4) is 0 Å². The van der Waals surface area contributed by atoms with Gasteiger partial charge in [0.2, 0.25) is 0 Å². The largest absolute Gasteiger partial charge is 0.449 e. The van der Waals surface area contributed by atoms with Crippen molar-refractivity contribution < 1.29 is 14.3 Å². The van der Waals surface area contributed by atoms with Crippen molar-refractivity contribution in [1.29, 1.82) is 0 Å². The number of hydrogen-bond acceptors (Lipinski definition) is 4. The second-order valence-electron chi connectivity index (χ2n) is 4.91. The molecule has 0 fully saturated rings. The number of nitrogens with one attached hydrogen (secondary N) is 2. The van der Waals surface area contributed by atoms with Gasteiger partial charge in [-0.25, -0.2) is 14.9 Å². The van der Waals surface area contributed by atoms with E-state index in [0.29, 0.717) is 12.0 Å². The lowest BCUT2D eigenvalue weighted by Gasteiger charge is -2.09. The van der Waals surface area contributed by atoms with Gasteiger partial charge in [-0.05, 0) is 38.0 Å². The van der Waals surface area contributed by atoms with Crippen LogP contribution in [0.2, 0.25) is 0 Å². The van der Waals surface area contributed by atoms with E-state index in [9.17, 15) is 9.59 Å². The fourth-order valence-electron chi connectivity index (χ4n) is 2.23. The molecular formula is C16H20N4O3. The Balaban J connectivity index is 2.21. The minimum Gasteiger partial charge on any atom is -0.449 e. The van der Waals surface area contributed by atoms with E-state index < -0.39 is 12.0 Å². The molecule has 2 amide bonds. The maximum Gasteiger partial charge on any atom is 0.426 e. The predicted octanol–water partition coefficient (Wildman–Crippen LogP) is 2.13. The summed E-state index contributed by atoms with van der Waals surface area (Å²) in [7, 11) is 0. The first-order chi connectivity index (χ1) is 11.1. The SMILES string of the molecule is CCOC(=O)NNC(=O)c1cnn(-c2cccc(C)c2)c1CC. The van der Waals surface area contributed by atoms with Crippen LogP contribution in [0.5, 0.6) is 0 Å². The Morgan fingerprint density at radius 3 is 2.70 bits per heavy atom. The third-order valence-electron chi connectivity index (χ3n) is 3.25. The van der Waals surface area contributed by atoms with E-state index >= 15 is 0 Å². The molecular weight excluding hydrogens is 296 g/mol. The average Bonchev–Trinajstić information content (AvgIpc) is 2.97. The molecule has 2 rings (SSSR count). The first kappa shape index (κ1) is 16.5. The van der Waals surface area contributed by atoms with Gasteiger partial charge in [-0.3, -0.25) is 10.2 Å². The van der Waals surface area contributed by atoms with Crippen LogP contribution in [-0.4, -0.2) is 28.4 Å². The maximum absolute atomic E-state index is 12.2. The Kier molecular flexibility index (Phi) is 5.35. The minimum atomic E-state index is -0.704. The summed E-state index contributed by atoms with van der Waals surface area (Å²) in [4.78, 5) is 23.4. The summed E-state index contributed by atoms with van der Waals surface area (Å²) in [6.07, 6.45) is 1.41. The number of rotatable bonds is 4. The number of aryl methyl sites for hydroxylation is 1. The van der Waals surface area contributed by atoms with Gasteiger partial charge in [0.05, 0.1) is 29.7 Å². The molecule has 0 radical (unpaired) electrons. The Morgan fingerprint density at radius 2 is 2.04 bits per heavy atom. The van der Waals surface area contributed by atoms with Crippen molar-refractivity contribution in [2.45, 2.75) is 27.2 Å². The zero-order chi connectivity index (χ0) is 16.8. The lowest BCUT2D eigenvalue weighted by molar-refractivity contribution is 0.0911. The van der Waals surface area contributed by atoms with Gasteiger partial charge >= 0.3 is 6.09 Å². The van der Waals surface area contributed by atoms with Gasteiger partial charge in [0.1, 0.15) is 0 Å². The fraction of sp³-hybridized carbons (Fsp3) is 0.312. The zero-order valence-corrected chi connectivity index (χ0v) is 13.4. The van der Waals surface area contributed by atoms with Crippen molar-refractivity contribution in [2.24, 2.45) is 0 Å². The lowest BCUT2D eigenvalue weighted by atomic mass is 10.2. The third-order valence-corrected chi connectivity index (χ3v) is 3.25. The summed E-state index contributed by atoms with van der Waals surface area (Å²) in [5.41, 5.74) is 7.68. The highest BCUT2D eigenvalue weighted by Gasteiger charge is 2.17. The monoisotopic (exact) mass is 316 g/mol. The van der Waals surface area contributed by atoms with Gasteiger partial charge in [0.15, 0.2) is 0 Å². The number of carbonyl (C=O) groups is 2. The summed E-state index contributed by atoms with van der Waals surface area (Å²) in [6.45, 7) is 5.85. The highest BCUT2D eigenvalue weighted by atomic mass is 16.5. The van der Waals surface area contributed by atoms with Crippen LogP contribution in [-0.2, 0) is 11.2 Å². The Bertz CT molecular complexity index is 709. The van der Waals surface area contributed by atoms with Crippen molar-refractivity contribution in [3.05, 3.63) is 47.3 Å². The molecule has 2 aromatic rings. The quantitative estimate of drug-likeness (QED) is 0.846. The molecule has 0 aliphatic heterocycles. The number of amides is 2. The van der Waals surface area contributed by atoms with Crippen molar-refractivity contribution in [3.8, 4) is 5.69 Å². The van der Waals surface area contributed by atoms with Crippen molar-refractivity contribution >= 4 is 12.0 Å². The Hall–Kier alpha value is -2.83. The topological polar surface area (TPSA) is 85.2 Å². The van der Waals surface area contributed by atoms with Crippen molar-refractivity contribution in [3.63, 3.8) is 0 Å². The Labute approximate surface area is 134 Å². The van der Waals surface area contributed by atoms with Gasteiger partial charge < -0.3 is 4.74 Å². The second-order valence-corrected chi connectivity index (χ2v) is 4.91. The number of hydrogen-bond donors (Lipinski definition) is 2. The molecule has 0 saturated heterocycles. The second kappa shape index (κ2) is 7.44. The molecule has 1 aromatic heterocycles. The normalized spacial score (nSPS) is 10.2. The number of ether oxygens (including phenoxy) is 1. The van der Waals surface area contributed by atoms with E-state index in [1.807, 2.05) is 38.1 Å². The van der Waals surface area contributed by atoms with E-state index in [1.54, 1.807) is 11.6 Å². The highest BCUT2D eigenvalue weighted by Crippen LogP contribution is 2.16. The van der Waals surface area contributed by atoms with Crippen molar-refractivity contribution in [2.75, 3.05) is 6.61 Å². The molecule has 1 heterocycles. The number of hydrazine groups is 1. The smallest absolute Gasteiger partial charge is 0.426 e. The van der Waals surface area contributed by atoms with E-state index in [2.05, 4.69) is 20.7 Å². The first-order valence-electron chi connectivity index (χ1n) is 7.43. The van der Waals surface area contributed by atoms with Crippen LogP contribution in [0.4, 0.5) is 4.79 Å². The van der Waals surface area contributed by atoms with Crippen LogP contribution >= 0.6 is 0 Å². The minimum absolute atomic E-state index is 0.229. The molecule has 122 valence electrons. The standard InChI is InChI=1S/C16H20N4O3/c1-4-14-13(15(21)18-19-16(22)23-5-2)10-17-20(14)12-8-6-7-11(3)9-12/h6-10H,4-5H2,1-3H3,(H,18,21)(H,19,22). The Morgan fingerprint density at radius 1 is 1.26 bits per heavy atom. The number of benzene rings is 1. The molecule has 7 heteroatoms. The van der Waals surface area contributed by atoms with Crippen molar-refractivity contribution in [1.82, 2.24) is 20.6 Å². The molecule has 0 bridgehead atoms. The molecule has 23 heavy (non-hydrogen) atoms. The average molecular weight is 316 g/mol. The van der Waals surface area contributed by atoms with E-state index in [4.69, 9.17) is 0 Å². The van der Waals surface area contributed by atoms with E-state index in [-0.39, 0.29) is 6.61 Å². The van der Waals surface area contributed by atoms with Gasteiger partial charge in [-0.15, -0.1) is 0 Å². The van der Waals surface area contributed by atoms with Gasteiger partial charge in [0, 0.05) is 0 Å². The zero-order valence-electron chi connectivity index (χ0n) is 13.4. The summed E-state index contributed by atoms with van der Waals surface area (Å²) in [6, 6.07) is 7.85. The fourth-order valence-corrected chi connectivity index (χ4v) is 2.23.